The molecular weight excluding hydrogens is 433 g/mol. The Bertz CT molecular complexity index is 1050. The van der Waals surface area contributed by atoms with Crippen molar-refractivity contribution in [2.24, 2.45) is 4.99 Å². The van der Waals surface area contributed by atoms with Gasteiger partial charge in [-0.25, -0.2) is 4.99 Å². The van der Waals surface area contributed by atoms with E-state index in [1.165, 1.54) is 11.8 Å². The second kappa shape index (κ2) is 7.87. The van der Waals surface area contributed by atoms with Gasteiger partial charge in [-0.1, -0.05) is 53.2 Å². The van der Waals surface area contributed by atoms with E-state index >= 15 is 0 Å². The lowest BCUT2D eigenvalue weighted by atomic mass is 10.3. The molecule has 0 radical (unpaired) electrons. The number of carbonyl (C=O) groups excluding carboxylic acids is 1. The minimum atomic E-state index is -0.0936. The normalized spacial score (nSPS) is 20.2. The van der Waals surface area contributed by atoms with Crippen molar-refractivity contribution in [3.05, 3.63) is 75.1 Å². The maximum Gasteiger partial charge on any atom is 0.269 e. The molecule has 4 nitrogen and oxygen atoms in total. The first-order chi connectivity index (χ1) is 13.5. The van der Waals surface area contributed by atoms with E-state index in [0.29, 0.717) is 32.4 Å². The minimum Gasteiger partial charge on any atom is -0.337 e. The summed E-state index contributed by atoms with van der Waals surface area (Å²) >= 11 is 15.3. The van der Waals surface area contributed by atoms with Gasteiger partial charge in [0.1, 0.15) is 4.91 Å². The molecule has 0 unspecified atom stereocenters. The van der Waals surface area contributed by atoms with Crippen molar-refractivity contribution in [3.63, 3.8) is 0 Å². The number of thioether (sulfide) groups is 2. The van der Waals surface area contributed by atoms with Gasteiger partial charge < -0.3 is 4.90 Å². The van der Waals surface area contributed by atoms with E-state index in [1.54, 1.807) is 28.8 Å². The predicted molar refractivity (Wildman–Crippen MR) is 121 cm³/mol. The number of hydrogen-bond acceptors (Lipinski definition) is 5. The number of hydrogen-bond donors (Lipinski definition) is 0. The van der Waals surface area contributed by atoms with Crippen LogP contribution < -0.4 is 4.90 Å². The van der Waals surface area contributed by atoms with Crippen LogP contribution in [0.25, 0.3) is 0 Å². The monoisotopic (exact) mass is 447 g/mol. The first-order valence-corrected chi connectivity index (χ1v) is 10.8. The third-order valence-corrected chi connectivity index (χ3v) is 7.22. The number of benzene rings is 2. The number of para-hydroxylation sites is 1. The average molecular weight is 448 g/mol. The van der Waals surface area contributed by atoms with E-state index < -0.39 is 0 Å². The molecule has 0 spiro atoms. The molecule has 2 aromatic carbocycles. The minimum absolute atomic E-state index is 0.0936. The number of amidine groups is 1. The Morgan fingerprint density at radius 2 is 1.96 bits per heavy atom. The number of fused-ring (bicyclic) bond motifs is 1. The molecule has 0 bridgehead atoms. The number of aliphatic imine (C=N–C) groups is 1. The van der Waals surface area contributed by atoms with Crippen LogP contribution in [0.15, 0.2) is 74.9 Å². The fourth-order valence-electron chi connectivity index (χ4n) is 2.87. The van der Waals surface area contributed by atoms with Gasteiger partial charge >= 0.3 is 0 Å². The molecule has 2 aromatic rings. The van der Waals surface area contributed by atoms with E-state index in [9.17, 15) is 4.79 Å². The molecule has 0 aliphatic carbocycles. The van der Waals surface area contributed by atoms with Crippen LogP contribution in [0, 0.1) is 0 Å². The fourth-order valence-corrected chi connectivity index (χ4v) is 5.54. The smallest absolute Gasteiger partial charge is 0.269 e. The summed E-state index contributed by atoms with van der Waals surface area (Å²) in [5, 5.41) is 2.66. The highest BCUT2D eigenvalue weighted by molar-refractivity contribution is 8.19. The average Bonchev–Trinajstić information content (AvgIpc) is 3.15. The summed E-state index contributed by atoms with van der Waals surface area (Å²) in [5.41, 5.74) is 1.61. The summed E-state index contributed by atoms with van der Waals surface area (Å²) in [5.74, 6) is -0.0936. The van der Waals surface area contributed by atoms with Gasteiger partial charge in [0, 0.05) is 23.5 Å². The molecule has 28 heavy (non-hydrogen) atoms. The first kappa shape index (κ1) is 19.5. The molecule has 1 saturated heterocycles. The van der Waals surface area contributed by atoms with Gasteiger partial charge in [0.15, 0.2) is 5.17 Å². The summed E-state index contributed by atoms with van der Waals surface area (Å²) in [6, 6.07) is 13.0. The van der Waals surface area contributed by atoms with Crippen molar-refractivity contribution in [1.82, 2.24) is 4.90 Å². The maximum atomic E-state index is 13.2. The van der Waals surface area contributed by atoms with Crippen molar-refractivity contribution in [1.29, 1.82) is 0 Å². The van der Waals surface area contributed by atoms with Gasteiger partial charge in [-0.05, 0) is 42.1 Å². The molecule has 2 heterocycles. The maximum absolute atomic E-state index is 13.2. The van der Waals surface area contributed by atoms with Gasteiger partial charge in [-0.15, -0.1) is 6.58 Å². The van der Waals surface area contributed by atoms with Crippen molar-refractivity contribution < 1.29 is 4.79 Å². The van der Waals surface area contributed by atoms with Crippen LogP contribution in [0.1, 0.15) is 0 Å². The molecule has 0 saturated carbocycles. The molecule has 8 heteroatoms. The van der Waals surface area contributed by atoms with E-state index in [1.807, 2.05) is 48.3 Å². The molecule has 1 amide bonds. The van der Waals surface area contributed by atoms with Crippen molar-refractivity contribution >= 4 is 69.2 Å². The molecule has 2 aliphatic rings. The zero-order valence-corrected chi connectivity index (χ0v) is 18.0. The van der Waals surface area contributed by atoms with E-state index in [0.717, 1.165) is 15.6 Å². The molecule has 142 valence electrons. The second-order valence-corrected chi connectivity index (χ2v) is 8.91. The molecule has 4 rings (SSSR count). The largest absolute Gasteiger partial charge is 0.337 e. The van der Waals surface area contributed by atoms with Crippen LogP contribution in [0.4, 0.5) is 11.4 Å². The molecule has 1 fully saturated rings. The molecule has 0 atom stereocenters. The number of anilines is 1. The van der Waals surface area contributed by atoms with Crippen LogP contribution in [0.5, 0.6) is 0 Å². The third-order valence-electron chi connectivity index (χ3n) is 4.23. The van der Waals surface area contributed by atoms with Gasteiger partial charge in [0.2, 0.25) is 0 Å². The molecular formula is C20H15Cl2N3OS2. The Balaban J connectivity index is 1.76. The van der Waals surface area contributed by atoms with Crippen LogP contribution in [0.2, 0.25) is 10.0 Å². The van der Waals surface area contributed by atoms with Crippen LogP contribution in [-0.2, 0) is 4.79 Å². The summed E-state index contributed by atoms with van der Waals surface area (Å²) in [6.45, 7) is 4.14. The van der Waals surface area contributed by atoms with E-state index in [4.69, 9.17) is 23.2 Å². The highest BCUT2D eigenvalue weighted by Gasteiger charge is 2.38. The predicted octanol–water partition coefficient (Wildman–Crippen LogP) is 6.15. The van der Waals surface area contributed by atoms with Gasteiger partial charge in [0.05, 0.1) is 21.4 Å². The standard InChI is InChI=1S/C20H15Cl2N3OS2/c1-3-10-25-18(26)17(28-20(25)23-14-7-5-4-6-13(14)22)19-24(2)15-11-12(21)8-9-16(15)27-19/h3-9,11H,1,10H2,2H3/b19-17-,23-20?. The number of amides is 1. The summed E-state index contributed by atoms with van der Waals surface area (Å²) in [6.07, 6.45) is 1.69. The van der Waals surface area contributed by atoms with Gasteiger partial charge in [-0.3, -0.25) is 9.69 Å². The van der Waals surface area contributed by atoms with Crippen molar-refractivity contribution in [3.8, 4) is 0 Å². The first-order valence-electron chi connectivity index (χ1n) is 8.39. The van der Waals surface area contributed by atoms with Crippen molar-refractivity contribution in [2.75, 3.05) is 18.5 Å². The zero-order valence-electron chi connectivity index (χ0n) is 14.9. The Kier molecular flexibility index (Phi) is 5.47. The number of rotatable bonds is 3. The Labute approximate surface area is 181 Å². The number of nitrogens with zero attached hydrogens (tertiary/aromatic N) is 3. The lowest BCUT2D eigenvalue weighted by molar-refractivity contribution is -0.121. The molecule has 0 aromatic heterocycles. The quantitative estimate of drug-likeness (QED) is 0.417. The topological polar surface area (TPSA) is 35.9 Å². The Hall–Kier alpha value is -1.86. The molecule has 0 N–H and O–H groups in total. The highest BCUT2D eigenvalue weighted by atomic mass is 35.5. The zero-order chi connectivity index (χ0) is 19.8. The lowest BCUT2D eigenvalue weighted by Gasteiger charge is -2.15. The Morgan fingerprint density at radius 1 is 1.18 bits per heavy atom. The second-order valence-electron chi connectivity index (χ2n) is 6.06. The highest BCUT2D eigenvalue weighted by Crippen LogP contribution is 2.50. The lowest BCUT2D eigenvalue weighted by Crippen LogP contribution is -2.29. The van der Waals surface area contributed by atoms with Crippen LogP contribution >= 0.6 is 46.7 Å². The number of halogens is 2. The summed E-state index contributed by atoms with van der Waals surface area (Å²) in [4.78, 5) is 23.1. The number of carbonyl (C=O) groups is 1. The van der Waals surface area contributed by atoms with Crippen LogP contribution in [-0.4, -0.2) is 29.6 Å². The van der Waals surface area contributed by atoms with Gasteiger partial charge in [0.25, 0.3) is 5.91 Å². The van der Waals surface area contributed by atoms with E-state index in [-0.39, 0.29) is 5.91 Å². The SMILES string of the molecule is C=CCN1C(=O)/C(=C2/Sc3ccc(Cl)cc3N2C)SC1=Nc1ccccc1Cl. The third kappa shape index (κ3) is 3.46. The van der Waals surface area contributed by atoms with Gasteiger partial charge in [-0.2, -0.15) is 0 Å². The molecule has 2 aliphatic heterocycles. The Morgan fingerprint density at radius 3 is 2.71 bits per heavy atom. The van der Waals surface area contributed by atoms with Crippen LogP contribution in [0.3, 0.4) is 0 Å². The summed E-state index contributed by atoms with van der Waals surface area (Å²) < 4.78 is 0. The summed E-state index contributed by atoms with van der Waals surface area (Å²) in [7, 11) is 1.94. The van der Waals surface area contributed by atoms with E-state index in [2.05, 4.69) is 11.6 Å². The fraction of sp³-hybridized carbons (Fsp3) is 0.100. The van der Waals surface area contributed by atoms with Crippen molar-refractivity contribution in [2.45, 2.75) is 4.90 Å².